The highest BCUT2D eigenvalue weighted by molar-refractivity contribution is 8.00. The van der Waals surface area contributed by atoms with E-state index in [-0.39, 0.29) is 11.2 Å². The maximum absolute atomic E-state index is 12.6. The lowest BCUT2D eigenvalue weighted by Crippen LogP contribution is -2.29. The number of anilines is 2. The zero-order valence-electron chi connectivity index (χ0n) is 16.7. The molecule has 2 aromatic heterocycles. The first kappa shape index (κ1) is 19.6. The summed E-state index contributed by atoms with van der Waals surface area (Å²) in [6.07, 6.45) is 5.41. The molecule has 0 radical (unpaired) electrons. The Morgan fingerprint density at radius 2 is 1.90 bits per heavy atom. The third-order valence-corrected chi connectivity index (χ3v) is 6.22. The van der Waals surface area contributed by atoms with Crippen molar-refractivity contribution >= 4 is 29.0 Å². The van der Waals surface area contributed by atoms with Gasteiger partial charge < -0.3 is 19.2 Å². The normalized spacial score (nSPS) is 15.3. The van der Waals surface area contributed by atoms with Crippen molar-refractivity contribution < 1.29 is 9.21 Å². The molecule has 1 aliphatic rings. The number of nitrogens with one attached hydrogen (secondary N) is 1. The molecule has 3 aromatic rings. The topological polar surface area (TPSA) is 76.2 Å². The quantitative estimate of drug-likeness (QED) is 0.613. The lowest BCUT2D eigenvalue weighted by atomic mass is 10.1. The van der Waals surface area contributed by atoms with Gasteiger partial charge in [-0.05, 0) is 62.6 Å². The number of benzene rings is 1. The van der Waals surface area contributed by atoms with E-state index in [0.717, 1.165) is 18.8 Å². The third-order valence-electron chi connectivity index (χ3n) is 5.08. The molecule has 4 rings (SSSR count). The first-order valence-electron chi connectivity index (χ1n) is 9.87. The molecule has 0 spiro atoms. The van der Waals surface area contributed by atoms with Gasteiger partial charge in [-0.2, -0.15) is 0 Å². The summed E-state index contributed by atoms with van der Waals surface area (Å²) in [5.41, 5.74) is 2.02. The van der Waals surface area contributed by atoms with E-state index in [0.29, 0.717) is 16.7 Å². The molecule has 1 atom stereocenters. The van der Waals surface area contributed by atoms with E-state index >= 15 is 0 Å². The van der Waals surface area contributed by atoms with E-state index in [1.165, 1.54) is 36.7 Å². The van der Waals surface area contributed by atoms with Crippen LogP contribution in [0.15, 0.2) is 52.2 Å². The van der Waals surface area contributed by atoms with Gasteiger partial charge >= 0.3 is 0 Å². The molecule has 152 valence electrons. The van der Waals surface area contributed by atoms with Crippen molar-refractivity contribution in [3.05, 3.63) is 42.7 Å². The van der Waals surface area contributed by atoms with Crippen molar-refractivity contribution in [2.45, 2.75) is 36.6 Å². The lowest BCUT2D eigenvalue weighted by molar-refractivity contribution is -0.115. The van der Waals surface area contributed by atoms with Gasteiger partial charge in [0.05, 0.1) is 11.5 Å². The minimum absolute atomic E-state index is 0.0664. The molecule has 1 N–H and O–H groups in total. The fraction of sp³-hybridized carbons (Fsp3) is 0.381. The largest absolute Gasteiger partial charge is 0.461 e. The van der Waals surface area contributed by atoms with Gasteiger partial charge in [-0.1, -0.05) is 11.8 Å². The lowest BCUT2D eigenvalue weighted by Gasteiger charge is -2.28. The standard InChI is InChI=1S/C21H25N5O2S/c1-15(29-21-24-23-19(25(21)2)18-7-6-14-28-18)20(27)22-16-8-10-17(11-9-16)26-12-4-3-5-13-26/h6-11,14-15H,3-5,12-13H2,1-2H3,(H,22,27)/t15-/m0/s1. The van der Waals surface area contributed by atoms with Crippen LogP contribution >= 0.6 is 11.8 Å². The first-order valence-corrected chi connectivity index (χ1v) is 10.8. The van der Waals surface area contributed by atoms with Crippen molar-refractivity contribution in [2.75, 3.05) is 23.3 Å². The highest BCUT2D eigenvalue weighted by atomic mass is 32.2. The minimum Gasteiger partial charge on any atom is -0.461 e. The Kier molecular flexibility index (Phi) is 5.89. The monoisotopic (exact) mass is 411 g/mol. The minimum atomic E-state index is -0.316. The maximum atomic E-state index is 12.6. The number of thioether (sulfide) groups is 1. The van der Waals surface area contributed by atoms with E-state index in [1.807, 2.05) is 42.8 Å². The number of piperidine rings is 1. The van der Waals surface area contributed by atoms with Gasteiger partial charge in [-0.3, -0.25) is 4.79 Å². The molecule has 1 fully saturated rings. The summed E-state index contributed by atoms with van der Waals surface area (Å²) in [5.74, 6) is 1.22. The van der Waals surface area contributed by atoms with E-state index in [9.17, 15) is 4.79 Å². The van der Waals surface area contributed by atoms with E-state index in [4.69, 9.17) is 4.42 Å². The molecule has 0 saturated carbocycles. The van der Waals surface area contributed by atoms with E-state index < -0.39 is 0 Å². The Morgan fingerprint density at radius 3 is 2.59 bits per heavy atom. The fourth-order valence-corrected chi connectivity index (χ4v) is 4.22. The second-order valence-electron chi connectivity index (χ2n) is 7.19. The number of amides is 1. The van der Waals surface area contributed by atoms with Gasteiger partial charge in [0.1, 0.15) is 0 Å². The zero-order chi connectivity index (χ0) is 20.2. The molecule has 0 aliphatic carbocycles. The molecule has 0 bridgehead atoms. The van der Waals surface area contributed by atoms with Gasteiger partial charge in [-0.25, -0.2) is 0 Å². The van der Waals surface area contributed by atoms with Crippen LogP contribution in [0.5, 0.6) is 0 Å². The number of hydrogen-bond donors (Lipinski definition) is 1. The van der Waals surface area contributed by atoms with Crippen molar-refractivity contribution in [1.82, 2.24) is 14.8 Å². The van der Waals surface area contributed by atoms with Crippen molar-refractivity contribution in [3.8, 4) is 11.6 Å². The predicted molar refractivity (Wildman–Crippen MR) is 115 cm³/mol. The number of rotatable bonds is 6. The summed E-state index contributed by atoms with van der Waals surface area (Å²) in [5, 5.41) is 11.7. The number of nitrogens with zero attached hydrogens (tertiary/aromatic N) is 4. The molecule has 8 heteroatoms. The smallest absolute Gasteiger partial charge is 0.237 e. The molecule has 29 heavy (non-hydrogen) atoms. The van der Waals surface area contributed by atoms with Crippen molar-refractivity contribution in [1.29, 1.82) is 0 Å². The van der Waals surface area contributed by atoms with Crippen molar-refractivity contribution in [2.24, 2.45) is 7.05 Å². The number of hydrogen-bond acceptors (Lipinski definition) is 6. The van der Waals surface area contributed by atoms with Crippen LogP contribution in [0.25, 0.3) is 11.6 Å². The van der Waals surface area contributed by atoms with Gasteiger partial charge in [0.2, 0.25) is 5.91 Å². The van der Waals surface area contributed by atoms with Crippen LogP contribution in [-0.4, -0.2) is 39.0 Å². The summed E-state index contributed by atoms with van der Waals surface area (Å²) < 4.78 is 7.22. The first-order chi connectivity index (χ1) is 14.1. The highest BCUT2D eigenvalue weighted by Crippen LogP contribution is 2.27. The number of furan rings is 1. The molecule has 1 amide bonds. The Balaban J connectivity index is 1.36. The van der Waals surface area contributed by atoms with Gasteiger partial charge in [0.15, 0.2) is 16.7 Å². The molecular weight excluding hydrogens is 386 g/mol. The van der Waals surface area contributed by atoms with Crippen LogP contribution in [0.3, 0.4) is 0 Å². The van der Waals surface area contributed by atoms with Gasteiger partial charge in [-0.15, -0.1) is 10.2 Å². The summed E-state index contributed by atoms with van der Waals surface area (Å²) in [4.78, 5) is 15.0. The Labute approximate surface area is 174 Å². The molecule has 3 heterocycles. The van der Waals surface area contributed by atoms with Crippen LogP contribution in [0, 0.1) is 0 Å². The number of carbonyl (C=O) groups is 1. The van der Waals surface area contributed by atoms with Crippen LogP contribution in [0.1, 0.15) is 26.2 Å². The summed E-state index contributed by atoms with van der Waals surface area (Å²) >= 11 is 1.37. The zero-order valence-corrected chi connectivity index (χ0v) is 17.5. The number of aromatic nitrogens is 3. The highest BCUT2D eigenvalue weighted by Gasteiger charge is 2.20. The second-order valence-corrected chi connectivity index (χ2v) is 8.49. The van der Waals surface area contributed by atoms with Gasteiger partial charge in [0.25, 0.3) is 0 Å². The molecule has 1 aromatic carbocycles. The Bertz CT molecular complexity index is 946. The SMILES string of the molecule is C[C@H](Sc1nnc(-c2ccco2)n1C)C(=O)Nc1ccc(N2CCCCC2)cc1. The average molecular weight is 412 g/mol. The van der Waals surface area contributed by atoms with E-state index in [2.05, 4.69) is 32.5 Å². The maximum Gasteiger partial charge on any atom is 0.237 e. The molecular formula is C21H25N5O2S. The number of carbonyl (C=O) groups excluding carboxylic acids is 1. The van der Waals surface area contributed by atoms with Crippen LogP contribution in [0.2, 0.25) is 0 Å². The summed E-state index contributed by atoms with van der Waals surface area (Å²) in [6, 6.07) is 11.7. The molecule has 1 saturated heterocycles. The molecule has 7 nitrogen and oxygen atoms in total. The Hall–Kier alpha value is -2.74. The Morgan fingerprint density at radius 1 is 1.14 bits per heavy atom. The van der Waals surface area contributed by atoms with Crippen molar-refractivity contribution in [3.63, 3.8) is 0 Å². The van der Waals surface area contributed by atoms with Crippen LogP contribution in [-0.2, 0) is 11.8 Å². The van der Waals surface area contributed by atoms with E-state index in [1.54, 1.807) is 6.26 Å². The summed E-state index contributed by atoms with van der Waals surface area (Å²) in [7, 11) is 1.87. The fourth-order valence-electron chi connectivity index (χ4n) is 3.40. The third kappa shape index (κ3) is 4.48. The molecule has 0 unspecified atom stereocenters. The second kappa shape index (κ2) is 8.73. The van der Waals surface area contributed by atoms with Gasteiger partial charge in [0, 0.05) is 31.5 Å². The average Bonchev–Trinajstić information content (AvgIpc) is 3.39. The van der Waals surface area contributed by atoms with Crippen LogP contribution < -0.4 is 10.2 Å². The predicted octanol–water partition coefficient (Wildman–Crippen LogP) is 4.18. The molecule has 1 aliphatic heterocycles. The summed E-state index contributed by atoms with van der Waals surface area (Å²) in [6.45, 7) is 4.08. The van der Waals surface area contributed by atoms with Crippen LogP contribution in [0.4, 0.5) is 11.4 Å².